The number of hydrogen-bond acceptors (Lipinski definition) is 1. The largest absolute Gasteiger partial charge is 0.309 e. The molecule has 48 heavy (non-hydrogen) atoms. The Kier molecular flexibility index (Phi) is 4.91. The van der Waals surface area contributed by atoms with E-state index < -0.39 is 0 Å². The molecule has 8 aromatic carbocycles. The van der Waals surface area contributed by atoms with E-state index in [1.165, 1.54) is 82.0 Å². The summed E-state index contributed by atoms with van der Waals surface area (Å²) in [5, 5.41) is 19.6. The monoisotopic (exact) mass is 607 g/mol. The van der Waals surface area contributed by atoms with Gasteiger partial charge in [-0.05, 0) is 86.9 Å². The Hall–Kier alpha value is -6.63. The van der Waals surface area contributed by atoms with E-state index in [2.05, 4.69) is 161 Å². The fraction of sp³-hybridized carbons (Fsp3) is 0. The molecule has 0 radical (unpaired) electrons. The van der Waals surface area contributed by atoms with E-state index in [1.807, 2.05) is 6.07 Å². The van der Waals surface area contributed by atoms with Crippen LogP contribution in [-0.4, -0.2) is 9.13 Å². The Bertz CT molecular complexity index is 3060. The molecule has 0 spiro atoms. The quantitative estimate of drug-likeness (QED) is 0.192. The fourth-order valence-corrected chi connectivity index (χ4v) is 8.53. The summed E-state index contributed by atoms with van der Waals surface area (Å²) in [6.45, 7) is 0. The van der Waals surface area contributed by atoms with Gasteiger partial charge in [0.2, 0.25) is 0 Å². The van der Waals surface area contributed by atoms with Crippen molar-refractivity contribution in [1.29, 1.82) is 5.26 Å². The Labute approximate surface area is 275 Å². The van der Waals surface area contributed by atoms with Gasteiger partial charge in [0, 0.05) is 38.3 Å². The van der Waals surface area contributed by atoms with E-state index in [0.29, 0.717) is 0 Å². The van der Waals surface area contributed by atoms with E-state index in [9.17, 15) is 5.26 Å². The third-order valence-corrected chi connectivity index (χ3v) is 10.5. The summed E-state index contributed by atoms with van der Waals surface area (Å²) in [5.74, 6) is 0. The third-order valence-electron chi connectivity index (χ3n) is 10.5. The van der Waals surface area contributed by atoms with Gasteiger partial charge < -0.3 is 9.13 Å². The van der Waals surface area contributed by atoms with Gasteiger partial charge in [-0.1, -0.05) is 103 Å². The summed E-state index contributed by atoms with van der Waals surface area (Å²) in [5.41, 5.74) is 12.6. The van der Waals surface area contributed by atoms with Crippen molar-refractivity contribution in [2.75, 3.05) is 0 Å². The van der Waals surface area contributed by atoms with Crippen LogP contribution in [0.25, 0.3) is 98.8 Å². The Morgan fingerprint density at radius 3 is 2.02 bits per heavy atom. The molecule has 3 nitrogen and oxygen atoms in total. The van der Waals surface area contributed by atoms with Crippen molar-refractivity contribution in [3.05, 3.63) is 157 Å². The van der Waals surface area contributed by atoms with Crippen molar-refractivity contribution in [2.45, 2.75) is 0 Å². The number of nitriles is 1. The van der Waals surface area contributed by atoms with Crippen molar-refractivity contribution in [3.8, 4) is 39.7 Å². The van der Waals surface area contributed by atoms with E-state index in [1.54, 1.807) is 0 Å². The maximum absolute atomic E-state index is 9.84. The predicted octanol–water partition coefficient (Wildman–Crippen LogP) is 11.7. The first-order valence-corrected chi connectivity index (χ1v) is 16.3. The van der Waals surface area contributed by atoms with Crippen LogP contribution in [0.5, 0.6) is 0 Å². The fourth-order valence-electron chi connectivity index (χ4n) is 8.53. The van der Waals surface area contributed by atoms with E-state index in [0.717, 1.165) is 22.3 Å². The molecule has 1 aliphatic carbocycles. The molecule has 0 unspecified atom stereocenters. The summed E-state index contributed by atoms with van der Waals surface area (Å²) in [6.07, 6.45) is 0. The van der Waals surface area contributed by atoms with Crippen molar-refractivity contribution in [1.82, 2.24) is 9.13 Å². The summed E-state index contributed by atoms with van der Waals surface area (Å²) in [6, 6.07) is 57.1. The minimum atomic E-state index is 0.719. The molecule has 220 valence electrons. The normalized spacial score (nSPS) is 12.1. The second-order valence-electron chi connectivity index (χ2n) is 12.8. The lowest BCUT2D eigenvalue weighted by Crippen LogP contribution is -1.95. The maximum atomic E-state index is 9.84. The summed E-state index contributed by atoms with van der Waals surface area (Å²) in [7, 11) is 0. The number of fused-ring (bicyclic) bond motifs is 12. The van der Waals surface area contributed by atoms with Crippen LogP contribution in [0.1, 0.15) is 5.56 Å². The average molecular weight is 608 g/mol. The number of aromatic nitrogens is 2. The molecule has 0 saturated carbocycles. The summed E-state index contributed by atoms with van der Waals surface area (Å²) < 4.78 is 4.89. The minimum absolute atomic E-state index is 0.719. The Morgan fingerprint density at radius 1 is 0.396 bits per heavy atom. The lowest BCUT2D eigenvalue weighted by Gasteiger charge is -2.12. The molecule has 0 amide bonds. The molecule has 2 heterocycles. The molecule has 10 aromatic rings. The van der Waals surface area contributed by atoms with Gasteiger partial charge in [0.15, 0.2) is 0 Å². The van der Waals surface area contributed by atoms with Gasteiger partial charge in [0.25, 0.3) is 0 Å². The van der Waals surface area contributed by atoms with Gasteiger partial charge in [-0.2, -0.15) is 5.26 Å². The van der Waals surface area contributed by atoms with Crippen molar-refractivity contribution < 1.29 is 0 Å². The number of benzene rings is 8. The maximum Gasteiger partial charge on any atom is 0.0998 e. The van der Waals surface area contributed by atoms with Crippen molar-refractivity contribution >= 4 is 65.2 Å². The zero-order valence-corrected chi connectivity index (χ0v) is 25.8. The molecule has 0 fully saturated rings. The van der Waals surface area contributed by atoms with E-state index in [4.69, 9.17) is 0 Å². The van der Waals surface area contributed by atoms with Gasteiger partial charge in [-0.15, -0.1) is 0 Å². The third kappa shape index (κ3) is 3.16. The molecule has 11 rings (SSSR count). The van der Waals surface area contributed by atoms with Gasteiger partial charge >= 0.3 is 0 Å². The van der Waals surface area contributed by atoms with Crippen LogP contribution in [0.3, 0.4) is 0 Å². The highest BCUT2D eigenvalue weighted by molar-refractivity contribution is 6.30. The lowest BCUT2D eigenvalue weighted by molar-refractivity contribution is 1.17. The smallest absolute Gasteiger partial charge is 0.0998 e. The zero-order valence-electron chi connectivity index (χ0n) is 25.8. The van der Waals surface area contributed by atoms with Crippen molar-refractivity contribution in [3.63, 3.8) is 0 Å². The summed E-state index contributed by atoms with van der Waals surface area (Å²) in [4.78, 5) is 0. The average Bonchev–Trinajstić information content (AvgIpc) is 3.78. The van der Waals surface area contributed by atoms with Gasteiger partial charge in [-0.25, -0.2) is 0 Å². The van der Waals surface area contributed by atoms with Crippen LogP contribution in [0.15, 0.2) is 152 Å². The molecule has 0 saturated heterocycles. The second kappa shape index (κ2) is 9.22. The molecule has 0 bridgehead atoms. The Balaban J connectivity index is 1.27. The van der Waals surface area contributed by atoms with Gasteiger partial charge in [0.05, 0.1) is 33.7 Å². The first-order valence-electron chi connectivity index (χ1n) is 16.3. The van der Waals surface area contributed by atoms with Crippen molar-refractivity contribution in [2.24, 2.45) is 0 Å². The highest BCUT2D eigenvalue weighted by Gasteiger charge is 2.25. The first-order chi connectivity index (χ1) is 23.8. The molecule has 1 aliphatic rings. The van der Waals surface area contributed by atoms with Crippen LogP contribution < -0.4 is 0 Å². The molecule has 0 aliphatic heterocycles. The summed E-state index contributed by atoms with van der Waals surface area (Å²) >= 11 is 0. The number of hydrogen-bond donors (Lipinski definition) is 0. The molecule has 2 aromatic heterocycles. The van der Waals surface area contributed by atoms with Crippen LogP contribution >= 0.6 is 0 Å². The van der Waals surface area contributed by atoms with Crippen LogP contribution in [0.2, 0.25) is 0 Å². The highest BCUT2D eigenvalue weighted by atomic mass is 15.0. The lowest BCUT2D eigenvalue weighted by atomic mass is 9.99. The van der Waals surface area contributed by atoms with E-state index in [-0.39, 0.29) is 0 Å². The van der Waals surface area contributed by atoms with Crippen LogP contribution in [0.4, 0.5) is 0 Å². The molecule has 0 atom stereocenters. The SMILES string of the molecule is N#Cc1ccc2c3c(cccc13)-c1ccc(-n3c4ccccc4c4c3ccc3c5c6ccccc6ccc5n(-c5ccccc5)c34)cc1-2. The highest BCUT2D eigenvalue weighted by Crippen LogP contribution is 2.49. The molecule has 3 heteroatoms. The van der Waals surface area contributed by atoms with Gasteiger partial charge in [0.1, 0.15) is 0 Å². The van der Waals surface area contributed by atoms with E-state index >= 15 is 0 Å². The second-order valence-corrected chi connectivity index (χ2v) is 12.8. The minimum Gasteiger partial charge on any atom is -0.309 e. The zero-order chi connectivity index (χ0) is 31.5. The number of para-hydroxylation sites is 2. The topological polar surface area (TPSA) is 33.6 Å². The molecular weight excluding hydrogens is 583 g/mol. The predicted molar refractivity (Wildman–Crippen MR) is 199 cm³/mol. The number of rotatable bonds is 2. The van der Waals surface area contributed by atoms with Crippen LogP contribution in [-0.2, 0) is 0 Å². The van der Waals surface area contributed by atoms with Gasteiger partial charge in [-0.3, -0.25) is 0 Å². The Morgan fingerprint density at radius 2 is 1.12 bits per heavy atom. The number of nitrogens with zero attached hydrogens (tertiary/aromatic N) is 3. The standard InChI is InChI=1S/C45H25N3/c46-26-28-17-20-35-38-25-30(19-21-33(38)34-15-8-14-32(28)42(34)35)47-39-16-7-6-13-36(39)44-41(47)24-22-37-43-31-12-5-4-9-27(31)18-23-40(43)48(45(37)44)29-10-2-1-3-11-29/h1-25H. The molecular formula is C45H25N3. The van der Waals surface area contributed by atoms with Crippen LogP contribution in [0, 0.1) is 11.3 Å². The first kappa shape index (κ1) is 25.5. The molecule has 0 N–H and O–H groups in total.